The number of benzene rings is 3. The molecule has 2 atom stereocenters. The molecule has 0 aromatic heterocycles. The quantitative estimate of drug-likeness (QED) is 0.479. The van der Waals surface area contributed by atoms with Crippen LogP contribution in [0.15, 0.2) is 66.2 Å². The molecule has 0 aliphatic heterocycles. The highest BCUT2D eigenvalue weighted by atomic mass is 19.2. The predicted molar refractivity (Wildman–Crippen MR) is 104 cm³/mol. The van der Waals surface area contributed by atoms with E-state index in [1.165, 1.54) is 0 Å². The highest BCUT2D eigenvalue weighted by Crippen LogP contribution is 2.34. The van der Waals surface area contributed by atoms with Gasteiger partial charge in [-0.1, -0.05) is 42.5 Å². The predicted octanol–water partition coefficient (Wildman–Crippen LogP) is 5.47. The summed E-state index contributed by atoms with van der Waals surface area (Å²) in [5.74, 6) is -2.61. The fourth-order valence-electron chi connectivity index (χ4n) is 3.79. The third kappa shape index (κ3) is 3.62. The number of hydrogen-bond acceptors (Lipinski definition) is 2. The molecule has 0 saturated carbocycles. The van der Waals surface area contributed by atoms with Gasteiger partial charge in [-0.2, -0.15) is 0 Å². The molecule has 0 fully saturated rings. The fourth-order valence-corrected chi connectivity index (χ4v) is 3.79. The van der Waals surface area contributed by atoms with Gasteiger partial charge in [-0.05, 0) is 41.5 Å². The van der Waals surface area contributed by atoms with Crippen molar-refractivity contribution in [2.24, 2.45) is 5.73 Å². The monoisotopic (exact) mass is 383 g/mol. The molecular weight excluding hydrogens is 363 g/mol. The second-order valence-corrected chi connectivity index (χ2v) is 7.13. The van der Waals surface area contributed by atoms with Gasteiger partial charge in [-0.15, -0.1) is 0 Å². The smallest absolute Gasteiger partial charge is 0.161 e. The van der Waals surface area contributed by atoms with Crippen LogP contribution in [0.1, 0.15) is 24.3 Å². The summed E-state index contributed by atoms with van der Waals surface area (Å²) in [6.45, 7) is 0.384. The van der Waals surface area contributed by atoms with Crippen LogP contribution in [-0.2, 0) is 0 Å². The van der Waals surface area contributed by atoms with Gasteiger partial charge in [0.2, 0.25) is 0 Å². The molecule has 3 aromatic rings. The summed E-state index contributed by atoms with van der Waals surface area (Å²) < 4.78 is 46.8. The molecule has 0 saturated heterocycles. The molecular formula is C23H20F3NO. The molecule has 0 amide bonds. The van der Waals surface area contributed by atoms with Crippen LogP contribution in [0.3, 0.4) is 0 Å². The van der Waals surface area contributed by atoms with Gasteiger partial charge < -0.3 is 10.5 Å². The van der Waals surface area contributed by atoms with E-state index in [0.29, 0.717) is 25.5 Å². The molecule has 0 radical (unpaired) electrons. The summed E-state index contributed by atoms with van der Waals surface area (Å²) in [7, 11) is 0. The summed E-state index contributed by atoms with van der Waals surface area (Å²) in [5.41, 5.74) is 7.37. The maximum absolute atomic E-state index is 14.1. The van der Waals surface area contributed by atoms with Gasteiger partial charge in [0.1, 0.15) is 18.2 Å². The number of ether oxygens (including phenoxy) is 1. The van der Waals surface area contributed by atoms with Crippen LogP contribution < -0.4 is 10.5 Å². The largest absolute Gasteiger partial charge is 0.489 e. The normalized spacial score (nSPS) is 19.5. The summed E-state index contributed by atoms with van der Waals surface area (Å²) >= 11 is 0. The van der Waals surface area contributed by atoms with E-state index >= 15 is 0 Å². The van der Waals surface area contributed by atoms with Gasteiger partial charge in [0.15, 0.2) is 11.6 Å². The second kappa shape index (κ2) is 7.68. The minimum atomic E-state index is -1.19. The summed E-state index contributed by atoms with van der Waals surface area (Å²) in [5, 5.41) is 2.13. The van der Waals surface area contributed by atoms with Crippen molar-refractivity contribution in [3.05, 3.63) is 89.3 Å². The lowest BCUT2D eigenvalue weighted by Gasteiger charge is -2.29. The average molecular weight is 383 g/mol. The number of halogens is 3. The Bertz CT molecular complexity index is 1040. The van der Waals surface area contributed by atoms with E-state index in [9.17, 15) is 13.2 Å². The summed E-state index contributed by atoms with van der Waals surface area (Å²) in [6, 6.07) is 15.0. The Morgan fingerprint density at radius 1 is 0.929 bits per heavy atom. The molecule has 2 unspecified atom stereocenters. The molecule has 144 valence electrons. The van der Waals surface area contributed by atoms with Crippen molar-refractivity contribution in [1.82, 2.24) is 0 Å². The zero-order valence-electron chi connectivity index (χ0n) is 15.2. The third-order valence-corrected chi connectivity index (χ3v) is 5.28. The van der Waals surface area contributed by atoms with Crippen LogP contribution in [0.2, 0.25) is 0 Å². The number of allylic oxidation sites excluding steroid dienone is 1. The van der Waals surface area contributed by atoms with Crippen LogP contribution in [0, 0.1) is 17.5 Å². The Labute approximate surface area is 161 Å². The van der Waals surface area contributed by atoms with Gasteiger partial charge in [0.05, 0.1) is 0 Å². The Morgan fingerprint density at radius 3 is 2.50 bits per heavy atom. The van der Waals surface area contributed by atoms with Gasteiger partial charge in [-0.25, -0.2) is 13.2 Å². The number of rotatable bonds is 4. The lowest BCUT2D eigenvalue weighted by atomic mass is 9.81. The maximum atomic E-state index is 14.1. The summed E-state index contributed by atoms with van der Waals surface area (Å²) in [6.07, 6.45) is 2.92. The van der Waals surface area contributed by atoms with Crippen molar-refractivity contribution in [3.8, 4) is 5.75 Å². The van der Waals surface area contributed by atoms with E-state index in [0.717, 1.165) is 28.2 Å². The Balaban J connectivity index is 1.49. The lowest BCUT2D eigenvalue weighted by molar-refractivity contribution is 0.338. The van der Waals surface area contributed by atoms with Gasteiger partial charge in [-0.3, -0.25) is 0 Å². The maximum Gasteiger partial charge on any atom is 0.161 e. The molecule has 2 N–H and O–H groups in total. The molecule has 3 aromatic carbocycles. The number of nitrogens with two attached hydrogens (primary N) is 1. The van der Waals surface area contributed by atoms with E-state index in [1.54, 1.807) is 0 Å². The van der Waals surface area contributed by atoms with Crippen LogP contribution in [0.25, 0.3) is 10.8 Å². The van der Waals surface area contributed by atoms with Crippen LogP contribution in [-0.4, -0.2) is 12.6 Å². The van der Waals surface area contributed by atoms with Crippen molar-refractivity contribution in [1.29, 1.82) is 0 Å². The van der Waals surface area contributed by atoms with E-state index in [-0.39, 0.29) is 5.56 Å². The topological polar surface area (TPSA) is 35.2 Å². The Kier molecular flexibility index (Phi) is 5.09. The van der Waals surface area contributed by atoms with Gasteiger partial charge in [0, 0.05) is 23.4 Å². The highest BCUT2D eigenvalue weighted by molar-refractivity contribution is 5.88. The first-order valence-electron chi connectivity index (χ1n) is 9.21. The molecule has 5 heteroatoms. The fraction of sp³-hybridized carbons (Fsp3) is 0.217. The SMILES string of the molecule is NC1CC(COc2cccc3ccccc23)=CCC1c1cc(F)c(F)cc1F. The molecule has 0 spiro atoms. The molecule has 0 heterocycles. The highest BCUT2D eigenvalue weighted by Gasteiger charge is 2.28. The first-order chi connectivity index (χ1) is 13.5. The molecule has 0 bridgehead atoms. The minimum absolute atomic E-state index is 0.122. The van der Waals surface area contributed by atoms with Crippen molar-refractivity contribution in [2.75, 3.05) is 6.61 Å². The standard InChI is InChI=1S/C23H20F3NO/c24-19-12-21(26)20(25)11-18(19)17-9-8-14(10-22(17)27)13-28-23-7-3-5-15-4-1-2-6-16(15)23/h1-8,11-12,17,22H,9-10,13,27H2. The molecule has 1 aliphatic carbocycles. The van der Waals surface area contributed by atoms with Crippen LogP contribution in [0.4, 0.5) is 13.2 Å². The first-order valence-corrected chi connectivity index (χ1v) is 9.21. The molecule has 4 rings (SSSR count). The lowest BCUT2D eigenvalue weighted by Crippen LogP contribution is -2.33. The third-order valence-electron chi connectivity index (χ3n) is 5.28. The Hall–Kier alpha value is -2.79. The summed E-state index contributed by atoms with van der Waals surface area (Å²) in [4.78, 5) is 0. The number of hydrogen-bond donors (Lipinski definition) is 1. The van der Waals surface area contributed by atoms with Crippen LogP contribution in [0.5, 0.6) is 5.75 Å². The van der Waals surface area contributed by atoms with Crippen molar-refractivity contribution in [3.63, 3.8) is 0 Å². The Morgan fingerprint density at radius 2 is 1.68 bits per heavy atom. The van der Waals surface area contributed by atoms with Crippen LogP contribution >= 0.6 is 0 Å². The molecule has 2 nitrogen and oxygen atoms in total. The van der Waals surface area contributed by atoms with Crippen molar-refractivity contribution < 1.29 is 17.9 Å². The van der Waals surface area contributed by atoms with Gasteiger partial charge >= 0.3 is 0 Å². The van der Waals surface area contributed by atoms with E-state index in [4.69, 9.17) is 10.5 Å². The average Bonchev–Trinajstić information content (AvgIpc) is 2.69. The minimum Gasteiger partial charge on any atom is -0.489 e. The van der Waals surface area contributed by atoms with E-state index < -0.39 is 29.4 Å². The van der Waals surface area contributed by atoms with E-state index in [1.807, 2.05) is 48.5 Å². The molecule has 1 aliphatic rings. The first kappa shape index (κ1) is 18.6. The zero-order chi connectivity index (χ0) is 19.7. The second-order valence-electron chi connectivity index (χ2n) is 7.13. The van der Waals surface area contributed by atoms with Crippen molar-refractivity contribution >= 4 is 10.8 Å². The number of fused-ring (bicyclic) bond motifs is 1. The zero-order valence-corrected chi connectivity index (χ0v) is 15.2. The molecule has 28 heavy (non-hydrogen) atoms. The van der Waals surface area contributed by atoms with E-state index in [2.05, 4.69) is 0 Å². The van der Waals surface area contributed by atoms with Gasteiger partial charge in [0.25, 0.3) is 0 Å². The van der Waals surface area contributed by atoms with Crippen molar-refractivity contribution in [2.45, 2.75) is 24.8 Å².